The fraction of sp³-hybridized carbons (Fsp3) is 0.474. The summed E-state index contributed by atoms with van der Waals surface area (Å²) < 4.78 is 11.1. The van der Waals surface area contributed by atoms with Gasteiger partial charge < -0.3 is 20.1 Å². The van der Waals surface area contributed by atoms with Gasteiger partial charge in [0, 0.05) is 24.5 Å². The van der Waals surface area contributed by atoms with Crippen LogP contribution in [0.5, 0.6) is 0 Å². The zero-order valence-corrected chi connectivity index (χ0v) is 14.5. The Bertz CT molecular complexity index is 490. The second-order valence-corrected chi connectivity index (χ2v) is 5.26. The molecule has 4 heteroatoms. The lowest BCUT2D eigenvalue weighted by atomic mass is 9.99. The van der Waals surface area contributed by atoms with Crippen LogP contribution in [0.15, 0.2) is 60.0 Å². The Morgan fingerprint density at radius 1 is 1.09 bits per heavy atom. The Labute approximate surface area is 140 Å². The van der Waals surface area contributed by atoms with Gasteiger partial charge in [-0.25, -0.2) is 0 Å². The van der Waals surface area contributed by atoms with E-state index in [0.717, 1.165) is 35.5 Å². The average Bonchev–Trinajstić information content (AvgIpc) is 2.55. The molecule has 23 heavy (non-hydrogen) atoms. The zero-order chi connectivity index (χ0) is 17.1. The average molecular weight is 318 g/mol. The molecule has 0 atom stereocenters. The summed E-state index contributed by atoms with van der Waals surface area (Å²) in [6, 6.07) is 0. The van der Waals surface area contributed by atoms with Gasteiger partial charge in [0.15, 0.2) is 0 Å². The molecular weight excluding hydrogens is 288 g/mol. The Morgan fingerprint density at radius 3 is 2.39 bits per heavy atom. The number of nitrogens with zero attached hydrogens (tertiary/aromatic N) is 1. The molecule has 128 valence electrons. The summed E-state index contributed by atoms with van der Waals surface area (Å²) >= 11 is 0. The van der Waals surface area contributed by atoms with Crippen molar-refractivity contribution in [3.05, 3.63) is 60.0 Å². The van der Waals surface area contributed by atoms with Gasteiger partial charge >= 0.3 is 0 Å². The predicted octanol–water partition coefficient (Wildman–Crippen LogP) is 3.16. The van der Waals surface area contributed by atoms with Crippen LogP contribution < -0.4 is 5.73 Å². The van der Waals surface area contributed by atoms with E-state index in [1.807, 2.05) is 19.9 Å². The molecule has 0 amide bonds. The first-order valence-electron chi connectivity index (χ1n) is 8.18. The molecule has 1 heterocycles. The zero-order valence-electron chi connectivity index (χ0n) is 14.5. The fourth-order valence-corrected chi connectivity index (χ4v) is 2.32. The van der Waals surface area contributed by atoms with Gasteiger partial charge in [-0.15, -0.1) is 0 Å². The number of nitrogens with two attached hydrogens (primary N) is 1. The van der Waals surface area contributed by atoms with Crippen molar-refractivity contribution >= 4 is 0 Å². The molecular formula is C19H30N2O2. The van der Waals surface area contributed by atoms with Crippen LogP contribution in [0.1, 0.15) is 20.3 Å². The lowest BCUT2D eigenvalue weighted by molar-refractivity contribution is 0.0436. The topological polar surface area (TPSA) is 47.7 Å². The molecule has 2 N–H and O–H groups in total. The molecule has 0 spiro atoms. The molecule has 0 aromatic heterocycles. The maximum Gasteiger partial charge on any atom is 0.0701 e. The Kier molecular flexibility index (Phi) is 9.29. The normalized spacial score (nSPS) is 17.4. The van der Waals surface area contributed by atoms with Crippen LogP contribution in [-0.2, 0) is 9.47 Å². The third kappa shape index (κ3) is 6.18. The standard InChI is InChI=1S/C19H30N2O2/c1-5-8-19-15-18(6-2)16(3)21(17(19)4)10-12-23-14-13-22-11-7-9-20/h5-6,8,15H,3-4,7,9-14,20H2,1-2H3. The number of ether oxygens (including phenoxy) is 2. The predicted molar refractivity (Wildman–Crippen MR) is 96.9 cm³/mol. The highest BCUT2D eigenvalue weighted by Gasteiger charge is 2.20. The second kappa shape index (κ2) is 11.0. The van der Waals surface area contributed by atoms with Crippen molar-refractivity contribution < 1.29 is 9.47 Å². The molecule has 0 saturated carbocycles. The number of allylic oxidation sites excluding steroid dienone is 4. The van der Waals surface area contributed by atoms with Crippen molar-refractivity contribution in [3.8, 4) is 0 Å². The maximum atomic E-state index is 5.64. The van der Waals surface area contributed by atoms with E-state index >= 15 is 0 Å². The minimum Gasteiger partial charge on any atom is -0.379 e. The highest BCUT2D eigenvalue weighted by molar-refractivity contribution is 5.54. The van der Waals surface area contributed by atoms with Crippen LogP contribution in [-0.4, -0.2) is 44.4 Å². The van der Waals surface area contributed by atoms with Crippen LogP contribution in [0.4, 0.5) is 0 Å². The summed E-state index contributed by atoms with van der Waals surface area (Å²) in [5.41, 5.74) is 9.56. The molecule has 0 fully saturated rings. The monoisotopic (exact) mass is 318 g/mol. The number of rotatable bonds is 10. The van der Waals surface area contributed by atoms with E-state index in [4.69, 9.17) is 15.2 Å². The smallest absolute Gasteiger partial charge is 0.0701 e. The van der Waals surface area contributed by atoms with Gasteiger partial charge in [0.2, 0.25) is 0 Å². The highest BCUT2D eigenvalue weighted by atomic mass is 16.5. The molecule has 0 bridgehead atoms. The molecule has 0 aliphatic carbocycles. The number of hydrogen-bond donors (Lipinski definition) is 1. The summed E-state index contributed by atoms with van der Waals surface area (Å²) in [5, 5.41) is 0. The van der Waals surface area contributed by atoms with Crippen molar-refractivity contribution in [2.24, 2.45) is 5.73 Å². The van der Waals surface area contributed by atoms with Crippen LogP contribution in [0.2, 0.25) is 0 Å². The fourth-order valence-electron chi connectivity index (χ4n) is 2.32. The minimum absolute atomic E-state index is 0.589. The molecule has 0 saturated heterocycles. The quantitative estimate of drug-likeness (QED) is 0.629. The van der Waals surface area contributed by atoms with E-state index in [1.165, 1.54) is 0 Å². The van der Waals surface area contributed by atoms with Gasteiger partial charge in [0.25, 0.3) is 0 Å². The molecule has 1 rings (SSSR count). The SMILES string of the molecule is C=C1C(=CC)C=C(C=CC)C(=C)N1CCOCCOCCCN. The van der Waals surface area contributed by atoms with Gasteiger partial charge in [-0.1, -0.05) is 31.4 Å². The summed E-state index contributed by atoms with van der Waals surface area (Å²) in [6.07, 6.45) is 9.16. The van der Waals surface area contributed by atoms with Gasteiger partial charge in [-0.2, -0.15) is 0 Å². The summed E-state index contributed by atoms with van der Waals surface area (Å²) in [6.45, 7) is 16.3. The molecule has 1 aliphatic heterocycles. The van der Waals surface area contributed by atoms with Crippen LogP contribution >= 0.6 is 0 Å². The van der Waals surface area contributed by atoms with Gasteiger partial charge in [0.1, 0.15) is 0 Å². The highest BCUT2D eigenvalue weighted by Crippen LogP contribution is 2.31. The minimum atomic E-state index is 0.589. The Balaban J connectivity index is 2.45. The van der Waals surface area contributed by atoms with Crippen molar-refractivity contribution in [2.75, 3.05) is 39.5 Å². The first kappa shape index (κ1) is 19.4. The van der Waals surface area contributed by atoms with Crippen LogP contribution in [0.25, 0.3) is 0 Å². The third-order valence-electron chi connectivity index (χ3n) is 3.61. The largest absolute Gasteiger partial charge is 0.379 e. The van der Waals surface area contributed by atoms with Gasteiger partial charge in [0.05, 0.1) is 19.8 Å². The Morgan fingerprint density at radius 2 is 1.78 bits per heavy atom. The maximum absolute atomic E-state index is 5.64. The van der Waals surface area contributed by atoms with Crippen molar-refractivity contribution in [3.63, 3.8) is 0 Å². The van der Waals surface area contributed by atoms with Crippen molar-refractivity contribution in [1.29, 1.82) is 0 Å². The third-order valence-corrected chi connectivity index (χ3v) is 3.61. The molecule has 0 unspecified atom stereocenters. The first-order chi connectivity index (χ1) is 11.2. The van der Waals surface area contributed by atoms with E-state index in [-0.39, 0.29) is 0 Å². The van der Waals surface area contributed by atoms with E-state index in [0.29, 0.717) is 33.0 Å². The van der Waals surface area contributed by atoms with Crippen LogP contribution in [0.3, 0.4) is 0 Å². The van der Waals surface area contributed by atoms with E-state index in [1.54, 1.807) is 0 Å². The summed E-state index contributed by atoms with van der Waals surface area (Å²) in [5.74, 6) is 0. The molecule has 0 aromatic carbocycles. The van der Waals surface area contributed by atoms with Crippen molar-refractivity contribution in [2.45, 2.75) is 20.3 Å². The van der Waals surface area contributed by atoms with Gasteiger partial charge in [-0.05, 0) is 44.0 Å². The molecule has 4 nitrogen and oxygen atoms in total. The molecule has 0 radical (unpaired) electrons. The summed E-state index contributed by atoms with van der Waals surface area (Å²) in [7, 11) is 0. The Hall–Kier alpha value is -1.62. The van der Waals surface area contributed by atoms with Crippen molar-refractivity contribution in [1.82, 2.24) is 4.90 Å². The van der Waals surface area contributed by atoms with E-state index < -0.39 is 0 Å². The van der Waals surface area contributed by atoms with Crippen LogP contribution in [0, 0.1) is 0 Å². The summed E-state index contributed by atoms with van der Waals surface area (Å²) in [4.78, 5) is 2.11. The van der Waals surface area contributed by atoms with Gasteiger partial charge in [-0.3, -0.25) is 0 Å². The molecule has 1 aliphatic rings. The first-order valence-corrected chi connectivity index (χ1v) is 8.18. The lowest BCUT2D eigenvalue weighted by Crippen LogP contribution is -2.30. The second-order valence-electron chi connectivity index (χ2n) is 5.26. The lowest BCUT2D eigenvalue weighted by Gasteiger charge is -2.33. The molecule has 0 aromatic rings. The van der Waals surface area contributed by atoms with E-state index in [9.17, 15) is 0 Å². The van der Waals surface area contributed by atoms with E-state index in [2.05, 4.69) is 36.3 Å². The number of hydrogen-bond acceptors (Lipinski definition) is 4.